The van der Waals surface area contributed by atoms with Crippen LogP contribution in [0.25, 0.3) is 0 Å². The summed E-state index contributed by atoms with van der Waals surface area (Å²) in [5.41, 5.74) is 0. The maximum absolute atomic E-state index is 8.50. The van der Waals surface area contributed by atoms with E-state index in [1.165, 1.54) is 6.42 Å². The number of hydrogen-bond donors (Lipinski definition) is 2. The van der Waals surface area contributed by atoms with E-state index in [1.54, 1.807) is 0 Å². The first-order chi connectivity index (χ1) is 6.07. The van der Waals surface area contributed by atoms with Crippen LogP contribution < -0.4 is 5.32 Å². The highest BCUT2D eigenvalue weighted by molar-refractivity contribution is 7.76. The van der Waals surface area contributed by atoms with Crippen LogP contribution in [0.1, 0.15) is 12.8 Å². The lowest BCUT2D eigenvalue weighted by molar-refractivity contribution is 0.255. The standard InChI is InChI=1S/C5H11NO.B6/c7-4-5-2-1-3-6-5;1-5(2)6(3)4/h5-7H,1-4H2;/t5-;/m0./s1. The van der Waals surface area contributed by atoms with Crippen LogP contribution in [0.5, 0.6) is 0 Å². The first-order valence-electron chi connectivity index (χ1n) is 4.44. The van der Waals surface area contributed by atoms with Crippen molar-refractivity contribution >= 4 is 43.7 Å². The van der Waals surface area contributed by atoms with Gasteiger partial charge in [0.1, 0.15) is 0 Å². The van der Waals surface area contributed by atoms with Crippen molar-refractivity contribution in [3.05, 3.63) is 0 Å². The zero-order valence-electron chi connectivity index (χ0n) is 7.82. The molecule has 0 aromatic carbocycles. The number of nitrogens with one attached hydrogen (secondary N) is 1. The van der Waals surface area contributed by atoms with Crippen LogP contribution in [-0.4, -0.2) is 68.0 Å². The Bertz CT molecular complexity index is 112. The van der Waals surface area contributed by atoms with Gasteiger partial charge < -0.3 is 10.4 Å². The number of aliphatic hydroxyl groups excluding tert-OH is 1. The summed E-state index contributed by atoms with van der Waals surface area (Å²) in [6.45, 7) is 1.39. The van der Waals surface area contributed by atoms with Crippen LogP contribution in [0.15, 0.2) is 0 Å². The summed E-state index contributed by atoms with van der Waals surface area (Å²) in [4.78, 5) is 0. The van der Waals surface area contributed by atoms with Crippen molar-refractivity contribution in [2.75, 3.05) is 13.2 Å². The minimum absolute atomic E-state index is 0.306. The molecule has 2 nitrogen and oxygen atoms in total. The zero-order chi connectivity index (χ0) is 10.3. The van der Waals surface area contributed by atoms with E-state index in [-0.39, 0.29) is 0 Å². The Balaban J connectivity index is 0.000000226. The maximum Gasteiger partial charge on any atom is 0.0584 e. The van der Waals surface area contributed by atoms with E-state index < -0.39 is 12.8 Å². The van der Waals surface area contributed by atoms with Gasteiger partial charge in [0.2, 0.25) is 0 Å². The zero-order valence-corrected chi connectivity index (χ0v) is 7.82. The lowest BCUT2D eigenvalue weighted by Crippen LogP contribution is -2.38. The lowest BCUT2D eigenvalue weighted by atomic mass is 8.81. The summed E-state index contributed by atoms with van der Waals surface area (Å²) in [6, 6.07) is 0.403. The fourth-order valence-corrected chi connectivity index (χ4v) is 0.913. The van der Waals surface area contributed by atoms with E-state index in [2.05, 4.69) is 5.32 Å². The van der Waals surface area contributed by atoms with Gasteiger partial charge in [0, 0.05) is 49.8 Å². The molecule has 60 valence electrons. The van der Waals surface area contributed by atoms with Gasteiger partial charge in [-0.15, -0.1) is 0 Å². The van der Waals surface area contributed by atoms with E-state index in [4.69, 9.17) is 36.1 Å². The summed E-state index contributed by atoms with van der Waals surface area (Å²) in [5, 5.41) is 11.7. The minimum Gasteiger partial charge on any atom is -0.395 e. The van der Waals surface area contributed by atoms with Gasteiger partial charge in [0.15, 0.2) is 0 Å². The highest BCUT2D eigenvalue weighted by Crippen LogP contribution is 2.02. The van der Waals surface area contributed by atoms with Gasteiger partial charge in [-0.2, -0.15) is 0 Å². The molecule has 0 unspecified atom stereocenters. The summed E-state index contributed by atoms with van der Waals surface area (Å²) in [7, 11) is 19.9. The number of hydrogen-bond acceptors (Lipinski definition) is 2. The molecule has 1 atom stereocenters. The first-order valence-corrected chi connectivity index (χ1v) is 4.44. The first kappa shape index (κ1) is 13.3. The topological polar surface area (TPSA) is 32.3 Å². The van der Waals surface area contributed by atoms with Crippen LogP contribution >= 0.6 is 0 Å². The van der Waals surface area contributed by atoms with Gasteiger partial charge >= 0.3 is 0 Å². The molecule has 1 rings (SSSR count). The quantitative estimate of drug-likeness (QED) is 0.442. The third-order valence-corrected chi connectivity index (χ3v) is 1.83. The highest BCUT2D eigenvalue weighted by atomic mass is 16.3. The largest absolute Gasteiger partial charge is 0.395 e. The van der Waals surface area contributed by atoms with Crippen LogP contribution in [0.2, 0.25) is 0 Å². The van der Waals surface area contributed by atoms with Gasteiger partial charge in [-0.05, 0) is 19.4 Å². The number of rotatable bonds is 2. The molecule has 0 aromatic rings. The number of aliphatic hydroxyl groups is 1. The van der Waals surface area contributed by atoms with Crippen molar-refractivity contribution in [1.29, 1.82) is 0 Å². The second-order valence-electron chi connectivity index (χ2n) is 3.13. The molecule has 8 heteroatoms. The van der Waals surface area contributed by atoms with Crippen molar-refractivity contribution < 1.29 is 5.11 Å². The van der Waals surface area contributed by atoms with E-state index in [9.17, 15) is 0 Å². The van der Waals surface area contributed by atoms with E-state index in [1.807, 2.05) is 0 Å². The third kappa shape index (κ3) is 7.39. The normalized spacial score (nSPS) is 20.2. The molecule has 1 aliphatic heterocycles. The van der Waals surface area contributed by atoms with E-state index in [0.717, 1.165) is 13.0 Å². The Hall–Kier alpha value is 0.310. The second-order valence-corrected chi connectivity index (χ2v) is 3.13. The average molecular weight is 166 g/mol. The van der Waals surface area contributed by atoms with Gasteiger partial charge in [-0.25, -0.2) is 0 Å². The molecular formula is C5H11B6NO. The molecule has 1 aliphatic rings. The molecule has 1 fully saturated rings. The molecule has 0 aliphatic carbocycles. The Morgan fingerprint density at radius 1 is 1.23 bits per heavy atom. The smallest absolute Gasteiger partial charge is 0.0584 e. The van der Waals surface area contributed by atoms with E-state index in [0.29, 0.717) is 12.6 Å². The predicted molar refractivity (Wildman–Crippen MR) is 62.6 cm³/mol. The Labute approximate surface area is 86.7 Å². The molecule has 2 N–H and O–H groups in total. The van der Waals surface area contributed by atoms with Crippen molar-refractivity contribution in [2.24, 2.45) is 0 Å². The monoisotopic (exact) mass is 167 g/mol. The second kappa shape index (κ2) is 7.69. The molecule has 0 spiro atoms. The van der Waals surface area contributed by atoms with Gasteiger partial charge in [0.25, 0.3) is 0 Å². The van der Waals surface area contributed by atoms with Crippen LogP contribution in [0.4, 0.5) is 0 Å². The molecule has 8 radical (unpaired) electrons. The van der Waals surface area contributed by atoms with Crippen LogP contribution in [0.3, 0.4) is 0 Å². The van der Waals surface area contributed by atoms with Gasteiger partial charge in [-0.3, -0.25) is 0 Å². The maximum atomic E-state index is 8.50. The summed E-state index contributed by atoms with van der Waals surface area (Å²) < 4.78 is 0. The molecule has 0 amide bonds. The third-order valence-electron chi connectivity index (χ3n) is 1.83. The molecular weight excluding hydrogens is 155 g/mol. The van der Waals surface area contributed by atoms with Crippen molar-refractivity contribution in [2.45, 2.75) is 18.9 Å². The highest BCUT2D eigenvalue weighted by Gasteiger charge is 2.10. The fraction of sp³-hybridized carbons (Fsp3) is 1.00. The van der Waals surface area contributed by atoms with Gasteiger partial charge in [0.05, 0.1) is 6.61 Å². The summed E-state index contributed by atoms with van der Waals surface area (Å²) in [5.74, 6) is 0. The van der Waals surface area contributed by atoms with Crippen molar-refractivity contribution in [3.8, 4) is 0 Å². The van der Waals surface area contributed by atoms with Crippen LogP contribution in [-0.2, 0) is 0 Å². The molecule has 1 heterocycles. The minimum atomic E-state index is -0.593. The predicted octanol–water partition coefficient (Wildman–Crippen LogP) is -2.55. The average Bonchev–Trinajstić information content (AvgIpc) is 2.56. The van der Waals surface area contributed by atoms with Gasteiger partial charge in [-0.1, -0.05) is 0 Å². The van der Waals surface area contributed by atoms with E-state index >= 15 is 0 Å². The van der Waals surface area contributed by atoms with Crippen LogP contribution in [0, 0.1) is 0 Å². The summed E-state index contributed by atoms with van der Waals surface area (Å²) >= 11 is 0. The lowest BCUT2D eigenvalue weighted by Gasteiger charge is -2.01. The molecule has 1 saturated heterocycles. The fourth-order valence-electron chi connectivity index (χ4n) is 0.913. The molecule has 0 aromatic heterocycles. The Morgan fingerprint density at radius 2 is 1.77 bits per heavy atom. The van der Waals surface area contributed by atoms with Crippen molar-refractivity contribution in [3.63, 3.8) is 0 Å². The molecule has 0 saturated carbocycles. The summed E-state index contributed by atoms with van der Waals surface area (Å²) in [6.07, 6.45) is 1.19. The molecule has 13 heavy (non-hydrogen) atoms. The van der Waals surface area contributed by atoms with Crippen molar-refractivity contribution in [1.82, 2.24) is 5.32 Å². The Morgan fingerprint density at radius 3 is 1.92 bits per heavy atom. The Kier molecular flexibility index (Phi) is 7.87. The SMILES string of the molecule is OC[C@@H]1CCCN1.[B]B([B])B([B])[B]. The molecule has 0 bridgehead atoms.